The maximum absolute atomic E-state index is 11.0. The molecule has 1 aliphatic rings. The van der Waals surface area contributed by atoms with E-state index in [4.69, 9.17) is 0 Å². The molecule has 0 saturated carbocycles. The molecule has 1 atom stereocenters. The van der Waals surface area contributed by atoms with Gasteiger partial charge in [0.25, 0.3) is 5.91 Å². The monoisotopic (exact) mass is 188 g/mol. The van der Waals surface area contributed by atoms with Crippen LogP contribution in [0.1, 0.15) is 35.6 Å². The van der Waals surface area contributed by atoms with Gasteiger partial charge in [-0.05, 0) is 5.41 Å². The molecule has 1 saturated heterocycles. The van der Waals surface area contributed by atoms with Gasteiger partial charge in [-0.3, -0.25) is 10.1 Å². The summed E-state index contributed by atoms with van der Waals surface area (Å²) < 4.78 is 0. The Morgan fingerprint density at radius 1 is 1.15 bits per heavy atom. The van der Waals surface area contributed by atoms with E-state index in [9.17, 15) is 9.59 Å². The molecule has 78 valence electrons. The van der Waals surface area contributed by atoms with Gasteiger partial charge in [0, 0.05) is 0 Å². The minimum atomic E-state index is -0.394. The Morgan fingerprint density at radius 2 is 1.62 bits per heavy atom. The summed E-state index contributed by atoms with van der Waals surface area (Å²) in [7, 11) is 0. The molecule has 0 aromatic heterocycles. The lowest BCUT2D eigenvalue weighted by Crippen LogP contribution is -2.41. The van der Waals surface area contributed by atoms with Crippen LogP contribution in [0.2, 0.25) is 0 Å². The van der Waals surface area contributed by atoms with Crippen LogP contribution >= 0.6 is 0 Å². The fourth-order valence-corrected chi connectivity index (χ4v) is 1.03. The minimum Gasteiger partial charge on any atom is -0.325 e. The first kappa shape index (κ1) is 14.5. The van der Waals surface area contributed by atoms with Crippen molar-refractivity contribution in [3.63, 3.8) is 0 Å². The Morgan fingerprint density at radius 3 is 1.77 bits per heavy atom. The van der Waals surface area contributed by atoms with Gasteiger partial charge in [0.1, 0.15) is 6.04 Å². The molecule has 1 rings (SSSR count). The van der Waals surface area contributed by atoms with Crippen LogP contribution in [0.25, 0.3) is 0 Å². The van der Waals surface area contributed by atoms with Crippen molar-refractivity contribution in [1.29, 1.82) is 0 Å². The number of rotatable bonds is 0. The van der Waals surface area contributed by atoms with E-state index in [1.807, 2.05) is 20.8 Å². The standard InChI is InChI=1S/C7H12N2O2.2CH4/c1-7(2,3)4-5(10)9-6(11)8-4;;/h4H,1-3H3,(H2,8,9,10,11);2*1H4. The van der Waals surface area contributed by atoms with Gasteiger partial charge in [0.2, 0.25) is 0 Å². The summed E-state index contributed by atoms with van der Waals surface area (Å²) >= 11 is 0. The summed E-state index contributed by atoms with van der Waals surface area (Å²) in [5, 5.41) is 4.73. The maximum Gasteiger partial charge on any atom is 0.322 e. The third kappa shape index (κ3) is 3.05. The van der Waals surface area contributed by atoms with Crippen molar-refractivity contribution in [2.75, 3.05) is 0 Å². The topological polar surface area (TPSA) is 58.2 Å². The average Bonchev–Trinajstić information content (AvgIpc) is 2.08. The highest BCUT2D eigenvalue weighted by Gasteiger charge is 2.38. The van der Waals surface area contributed by atoms with E-state index in [2.05, 4.69) is 10.6 Å². The Balaban J connectivity index is 0. The SMILES string of the molecule is C.C.CC(C)(C)C1NC(=O)NC1=O. The second-order valence-electron chi connectivity index (χ2n) is 3.76. The minimum absolute atomic E-state index is 0. The van der Waals surface area contributed by atoms with Gasteiger partial charge in [-0.1, -0.05) is 35.6 Å². The van der Waals surface area contributed by atoms with Gasteiger partial charge in [-0.15, -0.1) is 0 Å². The molecule has 0 radical (unpaired) electrons. The summed E-state index contributed by atoms with van der Waals surface area (Å²) in [5.41, 5.74) is -0.212. The van der Waals surface area contributed by atoms with E-state index < -0.39 is 12.1 Å². The van der Waals surface area contributed by atoms with Gasteiger partial charge >= 0.3 is 6.03 Å². The molecule has 1 fully saturated rings. The lowest BCUT2D eigenvalue weighted by atomic mass is 9.87. The number of carbonyl (C=O) groups excluding carboxylic acids is 2. The number of carbonyl (C=O) groups is 2. The smallest absolute Gasteiger partial charge is 0.322 e. The molecule has 1 unspecified atom stereocenters. The third-order valence-electron chi connectivity index (χ3n) is 1.64. The van der Waals surface area contributed by atoms with E-state index in [-0.39, 0.29) is 26.2 Å². The second kappa shape index (κ2) is 4.25. The van der Waals surface area contributed by atoms with Crippen molar-refractivity contribution in [3.05, 3.63) is 0 Å². The first-order valence-electron chi connectivity index (χ1n) is 3.52. The number of hydrogen-bond donors (Lipinski definition) is 2. The number of urea groups is 1. The Kier molecular flexibility index (Phi) is 4.73. The molecule has 13 heavy (non-hydrogen) atoms. The molecule has 0 bridgehead atoms. The second-order valence-corrected chi connectivity index (χ2v) is 3.76. The van der Waals surface area contributed by atoms with Crippen LogP contribution in [0.15, 0.2) is 0 Å². The molecule has 3 amide bonds. The number of imide groups is 1. The molecule has 0 spiro atoms. The molecule has 1 aliphatic heterocycles. The van der Waals surface area contributed by atoms with Crippen LogP contribution in [-0.4, -0.2) is 18.0 Å². The normalized spacial score (nSPS) is 21.0. The summed E-state index contributed by atoms with van der Waals surface area (Å²) in [6, 6.07) is -0.787. The summed E-state index contributed by atoms with van der Waals surface area (Å²) in [5.74, 6) is -0.234. The summed E-state index contributed by atoms with van der Waals surface area (Å²) in [4.78, 5) is 21.7. The molecule has 4 heteroatoms. The maximum atomic E-state index is 11.0. The van der Waals surface area contributed by atoms with Crippen LogP contribution in [0.5, 0.6) is 0 Å². The van der Waals surface area contributed by atoms with Gasteiger partial charge < -0.3 is 5.32 Å². The van der Waals surface area contributed by atoms with Gasteiger partial charge in [0.15, 0.2) is 0 Å². The van der Waals surface area contributed by atoms with Crippen molar-refractivity contribution < 1.29 is 9.59 Å². The fourth-order valence-electron chi connectivity index (χ4n) is 1.03. The lowest BCUT2D eigenvalue weighted by Gasteiger charge is -2.23. The Bertz CT molecular complexity index is 206. The zero-order chi connectivity index (χ0) is 8.65. The Hall–Kier alpha value is -1.06. The molecule has 2 N–H and O–H groups in total. The summed E-state index contributed by atoms with van der Waals surface area (Å²) in [6.07, 6.45) is 0. The van der Waals surface area contributed by atoms with E-state index in [1.165, 1.54) is 0 Å². The van der Waals surface area contributed by atoms with E-state index in [1.54, 1.807) is 0 Å². The van der Waals surface area contributed by atoms with Crippen LogP contribution in [0, 0.1) is 5.41 Å². The average molecular weight is 188 g/mol. The summed E-state index contributed by atoms with van der Waals surface area (Å²) in [6.45, 7) is 5.72. The quantitative estimate of drug-likeness (QED) is 0.566. The molecule has 0 aliphatic carbocycles. The van der Waals surface area contributed by atoms with E-state index >= 15 is 0 Å². The third-order valence-corrected chi connectivity index (χ3v) is 1.64. The molecular formula is C9H20N2O2. The zero-order valence-electron chi connectivity index (χ0n) is 6.89. The van der Waals surface area contributed by atoms with Gasteiger partial charge in [-0.2, -0.15) is 0 Å². The predicted octanol–water partition coefficient (Wildman–Crippen LogP) is 1.51. The van der Waals surface area contributed by atoms with Crippen molar-refractivity contribution in [2.45, 2.75) is 41.7 Å². The highest BCUT2D eigenvalue weighted by molar-refractivity contribution is 6.04. The van der Waals surface area contributed by atoms with Crippen LogP contribution < -0.4 is 10.6 Å². The molecular weight excluding hydrogens is 168 g/mol. The van der Waals surface area contributed by atoms with Crippen molar-refractivity contribution in [2.24, 2.45) is 5.41 Å². The predicted molar refractivity (Wildman–Crippen MR) is 53.4 cm³/mol. The largest absolute Gasteiger partial charge is 0.325 e. The van der Waals surface area contributed by atoms with Crippen LogP contribution in [0.3, 0.4) is 0 Å². The zero-order valence-corrected chi connectivity index (χ0v) is 6.89. The molecule has 0 aromatic carbocycles. The Labute approximate surface area is 80.1 Å². The number of nitrogens with one attached hydrogen (secondary N) is 2. The van der Waals surface area contributed by atoms with Crippen LogP contribution in [-0.2, 0) is 4.79 Å². The van der Waals surface area contributed by atoms with Crippen molar-refractivity contribution in [3.8, 4) is 0 Å². The number of amides is 3. The van der Waals surface area contributed by atoms with Crippen molar-refractivity contribution >= 4 is 11.9 Å². The first-order valence-corrected chi connectivity index (χ1v) is 3.52. The van der Waals surface area contributed by atoms with E-state index in [0.717, 1.165) is 0 Å². The van der Waals surface area contributed by atoms with Crippen molar-refractivity contribution in [1.82, 2.24) is 10.6 Å². The van der Waals surface area contributed by atoms with E-state index in [0.29, 0.717) is 0 Å². The van der Waals surface area contributed by atoms with Gasteiger partial charge in [0.05, 0.1) is 0 Å². The van der Waals surface area contributed by atoms with Gasteiger partial charge in [-0.25, -0.2) is 4.79 Å². The highest BCUT2D eigenvalue weighted by atomic mass is 16.2. The first-order chi connectivity index (χ1) is 4.91. The van der Waals surface area contributed by atoms with Crippen LogP contribution in [0.4, 0.5) is 4.79 Å². The number of hydrogen-bond acceptors (Lipinski definition) is 2. The molecule has 0 aromatic rings. The molecule has 1 heterocycles. The fraction of sp³-hybridized carbons (Fsp3) is 0.778. The molecule has 4 nitrogen and oxygen atoms in total. The highest BCUT2D eigenvalue weighted by Crippen LogP contribution is 2.20. The lowest BCUT2D eigenvalue weighted by molar-refractivity contribution is -0.122.